The van der Waals surface area contributed by atoms with Gasteiger partial charge < -0.3 is 4.57 Å². The molecule has 2 heterocycles. The number of sulfonamides is 1. The SMILES string of the molecule is Cn1cnc(S(=O)(=O)N2CC[C@](F)(c3cccc(Cl)c3)C2)c1. The molecule has 1 aromatic heterocycles. The van der Waals surface area contributed by atoms with Crippen LogP contribution in [0.3, 0.4) is 0 Å². The summed E-state index contributed by atoms with van der Waals surface area (Å²) in [5, 5.41) is 0.367. The van der Waals surface area contributed by atoms with E-state index in [4.69, 9.17) is 11.6 Å². The number of nitrogens with zero attached hydrogens (tertiary/aromatic N) is 3. The van der Waals surface area contributed by atoms with Gasteiger partial charge in [0.15, 0.2) is 10.7 Å². The third-order valence-electron chi connectivity index (χ3n) is 3.81. The molecule has 5 nitrogen and oxygen atoms in total. The summed E-state index contributed by atoms with van der Waals surface area (Å²) < 4.78 is 42.8. The highest BCUT2D eigenvalue weighted by molar-refractivity contribution is 7.89. The number of alkyl halides is 1. The summed E-state index contributed by atoms with van der Waals surface area (Å²) in [6, 6.07) is 6.49. The fourth-order valence-corrected chi connectivity index (χ4v) is 4.24. The lowest BCUT2D eigenvalue weighted by Gasteiger charge is -2.21. The normalized spacial score (nSPS) is 23.0. The molecule has 1 saturated heterocycles. The topological polar surface area (TPSA) is 55.2 Å². The summed E-state index contributed by atoms with van der Waals surface area (Å²) in [4.78, 5) is 3.86. The molecule has 3 rings (SSSR count). The number of aromatic nitrogens is 2. The van der Waals surface area contributed by atoms with E-state index in [0.717, 1.165) is 4.31 Å². The molecule has 1 aliphatic rings. The highest BCUT2D eigenvalue weighted by Crippen LogP contribution is 2.38. The maximum atomic E-state index is 15.1. The minimum atomic E-state index is -3.78. The molecule has 0 amide bonds. The highest BCUT2D eigenvalue weighted by Gasteiger charge is 2.45. The Morgan fingerprint density at radius 1 is 1.41 bits per heavy atom. The minimum absolute atomic E-state index is 0.0645. The van der Waals surface area contributed by atoms with E-state index in [9.17, 15) is 8.42 Å². The quantitative estimate of drug-likeness (QED) is 0.859. The van der Waals surface area contributed by atoms with Gasteiger partial charge in [-0.25, -0.2) is 17.8 Å². The molecular weight excluding hydrogens is 329 g/mol. The van der Waals surface area contributed by atoms with E-state index in [1.807, 2.05) is 0 Å². The maximum absolute atomic E-state index is 15.1. The number of rotatable bonds is 3. The van der Waals surface area contributed by atoms with Crippen LogP contribution in [0.4, 0.5) is 4.39 Å². The summed E-state index contributed by atoms with van der Waals surface area (Å²) in [6.07, 6.45) is 2.91. The van der Waals surface area contributed by atoms with E-state index in [0.29, 0.717) is 10.6 Å². The second-order valence-electron chi connectivity index (χ2n) is 5.44. The van der Waals surface area contributed by atoms with Crippen LogP contribution in [0.2, 0.25) is 5.02 Å². The second kappa shape index (κ2) is 5.33. The first kappa shape index (κ1) is 15.5. The Morgan fingerprint density at radius 3 is 2.82 bits per heavy atom. The largest absolute Gasteiger partial charge is 0.339 e. The van der Waals surface area contributed by atoms with E-state index >= 15 is 4.39 Å². The van der Waals surface area contributed by atoms with Gasteiger partial charge in [0, 0.05) is 31.2 Å². The maximum Gasteiger partial charge on any atom is 0.262 e. The van der Waals surface area contributed by atoms with E-state index in [1.54, 1.807) is 35.9 Å². The summed E-state index contributed by atoms with van der Waals surface area (Å²) in [5.74, 6) is 0. The molecule has 1 fully saturated rings. The zero-order valence-electron chi connectivity index (χ0n) is 11.9. The first-order valence-electron chi connectivity index (χ1n) is 6.74. The molecule has 22 heavy (non-hydrogen) atoms. The molecule has 0 radical (unpaired) electrons. The Balaban J connectivity index is 1.88. The molecule has 1 aliphatic heterocycles. The molecule has 118 valence electrons. The molecule has 8 heteroatoms. The summed E-state index contributed by atoms with van der Waals surface area (Å²) in [7, 11) is -2.10. The molecule has 0 spiro atoms. The van der Waals surface area contributed by atoms with Gasteiger partial charge in [0.05, 0.1) is 12.9 Å². The van der Waals surface area contributed by atoms with Gasteiger partial charge in [0.1, 0.15) is 0 Å². The van der Waals surface area contributed by atoms with Gasteiger partial charge in [-0.1, -0.05) is 23.7 Å². The molecule has 1 atom stereocenters. The van der Waals surface area contributed by atoms with Crippen LogP contribution in [0.25, 0.3) is 0 Å². The summed E-state index contributed by atoms with van der Waals surface area (Å²) in [5.41, 5.74) is -1.33. The lowest BCUT2D eigenvalue weighted by Crippen LogP contribution is -2.32. The number of hydrogen-bond acceptors (Lipinski definition) is 3. The van der Waals surface area contributed by atoms with Crippen molar-refractivity contribution in [3.8, 4) is 0 Å². The van der Waals surface area contributed by atoms with Crippen molar-refractivity contribution >= 4 is 21.6 Å². The fourth-order valence-electron chi connectivity index (χ4n) is 2.60. The van der Waals surface area contributed by atoms with Crippen LogP contribution in [0.5, 0.6) is 0 Å². The fraction of sp³-hybridized carbons (Fsp3) is 0.357. The van der Waals surface area contributed by atoms with Crippen molar-refractivity contribution in [1.29, 1.82) is 0 Å². The molecular formula is C14H15ClFN3O2S. The molecule has 0 N–H and O–H groups in total. The molecule has 2 aromatic rings. The van der Waals surface area contributed by atoms with Crippen LogP contribution in [-0.2, 0) is 22.7 Å². The molecule has 0 unspecified atom stereocenters. The van der Waals surface area contributed by atoms with Crippen molar-refractivity contribution in [3.63, 3.8) is 0 Å². The van der Waals surface area contributed by atoms with Crippen molar-refractivity contribution in [3.05, 3.63) is 47.4 Å². The van der Waals surface area contributed by atoms with Gasteiger partial charge in [-0.3, -0.25) is 0 Å². The zero-order valence-corrected chi connectivity index (χ0v) is 13.5. The van der Waals surface area contributed by atoms with Crippen LogP contribution in [-0.4, -0.2) is 35.4 Å². The first-order chi connectivity index (χ1) is 10.3. The van der Waals surface area contributed by atoms with Gasteiger partial charge in [-0.05, 0) is 17.7 Å². The van der Waals surface area contributed by atoms with E-state index < -0.39 is 15.7 Å². The molecule has 1 aromatic carbocycles. The van der Waals surface area contributed by atoms with Crippen LogP contribution in [0, 0.1) is 0 Å². The van der Waals surface area contributed by atoms with Crippen LogP contribution in [0.15, 0.2) is 41.8 Å². The van der Waals surface area contributed by atoms with Crippen LogP contribution < -0.4 is 0 Å². The van der Waals surface area contributed by atoms with Crippen LogP contribution >= 0.6 is 11.6 Å². The zero-order chi connectivity index (χ0) is 16.0. The number of aryl methyl sites for hydroxylation is 1. The number of halogens is 2. The summed E-state index contributed by atoms with van der Waals surface area (Å²) >= 11 is 5.90. The molecule has 0 bridgehead atoms. The van der Waals surface area contributed by atoms with Gasteiger partial charge in [-0.15, -0.1) is 0 Å². The van der Waals surface area contributed by atoms with Crippen molar-refractivity contribution in [2.75, 3.05) is 13.1 Å². The van der Waals surface area contributed by atoms with Crippen LogP contribution in [0.1, 0.15) is 12.0 Å². The predicted molar refractivity (Wildman–Crippen MR) is 80.8 cm³/mol. The second-order valence-corrected chi connectivity index (χ2v) is 7.76. The average Bonchev–Trinajstić information content (AvgIpc) is 3.07. The Bertz CT molecular complexity index is 808. The van der Waals surface area contributed by atoms with Gasteiger partial charge in [0.25, 0.3) is 10.0 Å². The Labute approximate surface area is 133 Å². The Morgan fingerprint density at radius 2 is 2.18 bits per heavy atom. The lowest BCUT2D eigenvalue weighted by atomic mass is 9.95. The van der Waals surface area contributed by atoms with Crippen molar-refractivity contribution in [2.45, 2.75) is 17.1 Å². The predicted octanol–water partition coefficient (Wildman–Crippen LogP) is 2.33. The number of hydrogen-bond donors (Lipinski definition) is 0. The van der Waals surface area contributed by atoms with E-state index in [1.165, 1.54) is 12.5 Å². The van der Waals surface area contributed by atoms with Gasteiger partial charge in [0.2, 0.25) is 0 Å². The smallest absolute Gasteiger partial charge is 0.262 e. The van der Waals surface area contributed by atoms with Crippen molar-refractivity contribution in [1.82, 2.24) is 13.9 Å². The monoisotopic (exact) mass is 343 g/mol. The van der Waals surface area contributed by atoms with Crippen molar-refractivity contribution < 1.29 is 12.8 Å². The van der Waals surface area contributed by atoms with Gasteiger partial charge in [-0.2, -0.15) is 4.31 Å². The third kappa shape index (κ3) is 2.64. The Kier molecular flexibility index (Phi) is 3.74. The van der Waals surface area contributed by atoms with E-state index in [2.05, 4.69) is 4.98 Å². The van der Waals surface area contributed by atoms with Gasteiger partial charge >= 0.3 is 0 Å². The minimum Gasteiger partial charge on any atom is -0.339 e. The first-order valence-corrected chi connectivity index (χ1v) is 8.56. The summed E-state index contributed by atoms with van der Waals surface area (Å²) in [6.45, 7) is -0.117. The Hall–Kier alpha value is -1.44. The van der Waals surface area contributed by atoms with E-state index in [-0.39, 0.29) is 24.5 Å². The number of imidazole rings is 1. The van der Waals surface area contributed by atoms with Crippen molar-refractivity contribution in [2.24, 2.45) is 7.05 Å². The highest BCUT2D eigenvalue weighted by atomic mass is 35.5. The average molecular weight is 344 g/mol. The lowest BCUT2D eigenvalue weighted by molar-refractivity contribution is 0.183. The molecule has 0 saturated carbocycles. The molecule has 0 aliphatic carbocycles. The standard InChI is InChI=1S/C14H15ClFN3O2S/c1-18-8-13(17-10-18)22(20,21)19-6-5-14(16,9-19)11-3-2-4-12(15)7-11/h2-4,7-8,10H,5-6,9H2,1H3/t14-/m1/s1. The number of benzene rings is 1. The third-order valence-corrected chi connectivity index (χ3v) is 5.78.